The van der Waals surface area contributed by atoms with Gasteiger partial charge >= 0.3 is 6.03 Å². The Morgan fingerprint density at radius 3 is 2.92 bits per heavy atom. The van der Waals surface area contributed by atoms with Crippen molar-refractivity contribution in [3.63, 3.8) is 0 Å². The molecule has 1 N–H and O–H groups in total. The molecule has 1 aliphatic rings. The Hall–Kier alpha value is -2.54. The smallest absolute Gasteiger partial charge is 0.333 e. The molecule has 1 saturated carbocycles. The Kier molecular flexibility index (Phi) is 4.31. The first-order valence-corrected chi connectivity index (χ1v) is 9.27. The van der Waals surface area contributed by atoms with Gasteiger partial charge in [-0.3, -0.25) is 4.98 Å². The van der Waals surface area contributed by atoms with E-state index in [-0.39, 0.29) is 12.1 Å². The molecule has 3 aromatic rings. The Balaban J connectivity index is 1.56. The van der Waals surface area contributed by atoms with Gasteiger partial charge in [0.25, 0.3) is 0 Å². The highest BCUT2D eigenvalue weighted by atomic mass is 32.1. The number of hydrogen-bond acceptors (Lipinski definition) is 5. The molecule has 7 heteroatoms. The number of thiazole rings is 1. The van der Waals surface area contributed by atoms with Gasteiger partial charge < -0.3 is 5.32 Å². The average Bonchev–Trinajstić information content (AvgIpc) is 3.36. The van der Waals surface area contributed by atoms with Crippen LogP contribution in [-0.2, 0) is 0 Å². The number of nitrogens with one attached hydrogen (secondary N) is 1. The largest absolute Gasteiger partial charge is 0.342 e. The summed E-state index contributed by atoms with van der Waals surface area (Å²) in [5.41, 5.74) is 2.66. The van der Waals surface area contributed by atoms with Crippen LogP contribution in [0.3, 0.4) is 0 Å². The first-order chi connectivity index (χ1) is 12.2. The highest BCUT2D eigenvalue weighted by Gasteiger charge is 2.19. The number of hydrogen-bond donors (Lipinski definition) is 1. The monoisotopic (exact) mass is 353 g/mol. The molecule has 0 radical (unpaired) electrons. The molecule has 128 valence electrons. The van der Waals surface area contributed by atoms with Gasteiger partial charge in [-0.2, -0.15) is 9.78 Å². The predicted molar refractivity (Wildman–Crippen MR) is 97.5 cm³/mol. The summed E-state index contributed by atoms with van der Waals surface area (Å²) in [6.07, 6.45) is 9.75. The topological polar surface area (TPSA) is 72.7 Å². The second-order valence-electron chi connectivity index (χ2n) is 6.25. The number of pyridine rings is 1. The molecule has 3 heterocycles. The lowest BCUT2D eigenvalue weighted by molar-refractivity contribution is 0.236. The van der Waals surface area contributed by atoms with Crippen LogP contribution in [0.4, 0.5) is 4.79 Å². The number of amides is 1. The minimum atomic E-state index is -0.159. The van der Waals surface area contributed by atoms with Crippen LogP contribution in [0.2, 0.25) is 0 Å². The van der Waals surface area contributed by atoms with Crippen molar-refractivity contribution in [2.24, 2.45) is 0 Å². The molecule has 0 aromatic carbocycles. The van der Waals surface area contributed by atoms with Gasteiger partial charge in [0.2, 0.25) is 0 Å². The molecule has 25 heavy (non-hydrogen) atoms. The summed E-state index contributed by atoms with van der Waals surface area (Å²) in [6.45, 7) is 1.96. The van der Waals surface area contributed by atoms with E-state index in [0.717, 1.165) is 39.7 Å². The summed E-state index contributed by atoms with van der Waals surface area (Å²) in [7, 11) is 0. The molecular weight excluding hydrogens is 334 g/mol. The first kappa shape index (κ1) is 16.0. The van der Waals surface area contributed by atoms with Crippen molar-refractivity contribution < 1.29 is 4.79 Å². The number of rotatable bonds is 3. The second kappa shape index (κ2) is 6.76. The number of carbonyl (C=O) groups excluding carboxylic acids is 1. The van der Waals surface area contributed by atoms with Crippen LogP contribution in [0, 0.1) is 6.92 Å². The van der Waals surface area contributed by atoms with E-state index in [9.17, 15) is 4.79 Å². The SMILES string of the molecule is Cc1nc(-c2cccnc2)sc1-c1ccn(C(=O)NC2CCCC2)n1. The Morgan fingerprint density at radius 2 is 2.16 bits per heavy atom. The van der Waals surface area contributed by atoms with Gasteiger partial charge in [-0.1, -0.05) is 12.8 Å². The molecule has 1 aliphatic carbocycles. The molecule has 0 saturated heterocycles. The van der Waals surface area contributed by atoms with E-state index in [2.05, 4.69) is 20.4 Å². The molecule has 0 spiro atoms. The average molecular weight is 353 g/mol. The molecule has 0 bridgehead atoms. The third-order valence-corrected chi connectivity index (χ3v) is 5.65. The van der Waals surface area contributed by atoms with Crippen LogP contribution in [0.25, 0.3) is 21.1 Å². The molecular formula is C18H19N5OS. The molecule has 3 aromatic heterocycles. The maximum atomic E-state index is 12.3. The zero-order valence-corrected chi connectivity index (χ0v) is 14.8. The van der Waals surface area contributed by atoms with Crippen LogP contribution in [0.15, 0.2) is 36.8 Å². The van der Waals surface area contributed by atoms with E-state index in [1.54, 1.807) is 29.9 Å². The van der Waals surface area contributed by atoms with Gasteiger partial charge in [-0.25, -0.2) is 9.78 Å². The summed E-state index contributed by atoms with van der Waals surface area (Å²) in [4.78, 5) is 22.1. The van der Waals surface area contributed by atoms with E-state index < -0.39 is 0 Å². The van der Waals surface area contributed by atoms with Crippen molar-refractivity contribution in [3.8, 4) is 21.1 Å². The minimum Gasteiger partial charge on any atom is -0.333 e. The Bertz CT molecular complexity index is 880. The maximum absolute atomic E-state index is 12.3. The highest BCUT2D eigenvalue weighted by Crippen LogP contribution is 2.33. The van der Waals surface area contributed by atoms with Crippen LogP contribution >= 0.6 is 11.3 Å². The minimum absolute atomic E-state index is 0.159. The van der Waals surface area contributed by atoms with Crippen molar-refractivity contribution in [2.75, 3.05) is 0 Å². The van der Waals surface area contributed by atoms with E-state index in [1.165, 1.54) is 17.5 Å². The predicted octanol–water partition coefficient (Wildman–Crippen LogP) is 3.88. The van der Waals surface area contributed by atoms with Crippen LogP contribution in [0.5, 0.6) is 0 Å². The van der Waals surface area contributed by atoms with Crippen LogP contribution in [0.1, 0.15) is 31.4 Å². The van der Waals surface area contributed by atoms with Gasteiger partial charge in [0, 0.05) is 30.2 Å². The molecule has 0 aliphatic heterocycles. The third-order valence-electron chi connectivity index (χ3n) is 4.42. The van der Waals surface area contributed by atoms with Crippen molar-refractivity contribution in [1.82, 2.24) is 25.1 Å². The summed E-state index contributed by atoms with van der Waals surface area (Å²) in [5, 5.41) is 8.40. The quantitative estimate of drug-likeness (QED) is 0.775. The molecule has 4 rings (SSSR count). The lowest BCUT2D eigenvalue weighted by Crippen LogP contribution is -2.36. The molecule has 1 fully saturated rings. The summed E-state index contributed by atoms with van der Waals surface area (Å²) in [6, 6.07) is 5.87. The lowest BCUT2D eigenvalue weighted by atomic mass is 10.3. The molecule has 0 atom stereocenters. The van der Waals surface area contributed by atoms with Gasteiger partial charge in [0.15, 0.2) is 0 Å². The van der Waals surface area contributed by atoms with Gasteiger partial charge in [-0.15, -0.1) is 11.3 Å². The van der Waals surface area contributed by atoms with Gasteiger partial charge in [-0.05, 0) is 38.0 Å². The fourth-order valence-corrected chi connectivity index (χ4v) is 4.14. The fourth-order valence-electron chi connectivity index (χ4n) is 3.12. The molecule has 0 unspecified atom stereocenters. The van der Waals surface area contributed by atoms with Crippen LogP contribution in [-0.4, -0.2) is 31.8 Å². The van der Waals surface area contributed by atoms with Crippen molar-refractivity contribution >= 4 is 17.4 Å². The fraction of sp³-hybridized carbons (Fsp3) is 0.333. The van der Waals surface area contributed by atoms with Gasteiger partial charge in [0.05, 0.1) is 10.6 Å². The van der Waals surface area contributed by atoms with E-state index in [0.29, 0.717) is 0 Å². The maximum Gasteiger partial charge on any atom is 0.342 e. The van der Waals surface area contributed by atoms with Crippen molar-refractivity contribution in [3.05, 3.63) is 42.5 Å². The number of aryl methyl sites for hydroxylation is 1. The summed E-state index contributed by atoms with van der Waals surface area (Å²) in [5.74, 6) is 0. The number of carbonyl (C=O) groups is 1. The number of aromatic nitrogens is 4. The van der Waals surface area contributed by atoms with Crippen LogP contribution < -0.4 is 5.32 Å². The zero-order valence-electron chi connectivity index (χ0n) is 14.0. The number of nitrogens with zero attached hydrogens (tertiary/aromatic N) is 4. The van der Waals surface area contributed by atoms with Crippen molar-refractivity contribution in [1.29, 1.82) is 0 Å². The van der Waals surface area contributed by atoms with E-state index in [4.69, 9.17) is 0 Å². The van der Waals surface area contributed by atoms with Crippen molar-refractivity contribution in [2.45, 2.75) is 38.6 Å². The summed E-state index contributed by atoms with van der Waals surface area (Å²) < 4.78 is 1.39. The van der Waals surface area contributed by atoms with E-state index in [1.807, 2.05) is 25.1 Å². The Labute approximate surface area is 149 Å². The lowest BCUT2D eigenvalue weighted by Gasteiger charge is -2.10. The van der Waals surface area contributed by atoms with E-state index >= 15 is 0 Å². The highest BCUT2D eigenvalue weighted by molar-refractivity contribution is 7.18. The second-order valence-corrected chi connectivity index (χ2v) is 7.25. The normalized spacial score (nSPS) is 14.8. The Morgan fingerprint density at radius 1 is 1.32 bits per heavy atom. The molecule has 6 nitrogen and oxygen atoms in total. The first-order valence-electron chi connectivity index (χ1n) is 8.45. The standard InChI is InChI=1S/C18H19N5OS/c1-12-16(25-17(20-12)13-5-4-9-19-11-13)15-8-10-23(22-15)18(24)21-14-6-2-3-7-14/h4-5,8-11,14H,2-3,6-7H2,1H3,(H,21,24). The zero-order chi connectivity index (χ0) is 17.2. The molecule has 1 amide bonds. The summed E-state index contributed by atoms with van der Waals surface area (Å²) >= 11 is 1.57. The third kappa shape index (κ3) is 3.32. The van der Waals surface area contributed by atoms with Gasteiger partial charge in [0.1, 0.15) is 10.7 Å².